The van der Waals surface area contributed by atoms with Gasteiger partial charge in [-0.15, -0.1) is 0 Å². The summed E-state index contributed by atoms with van der Waals surface area (Å²) in [5.41, 5.74) is 0. The molecule has 0 aliphatic rings. The van der Waals surface area contributed by atoms with Gasteiger partial charge in [0.25, 0.3) is 0 Å². The first-order chi connectivity index (χ1) is 6.56. The lowest BCUT2D eigenvalue weighted by Crippen LogP contribution is -2.09. The predicted molar refractivity (Wildman–Crippen MR) is 52.8 cm³/mol. The zero-order valence-electron chi connectivity index (χ0n) is 8.14. The second kappa shape index (κ2) is 8.15. The number of thioether (sulfide) groups is 1. The Bertz CT molecular complexity index is 166. The van der Waals surface area contributed by atoms with Crippen molar-refractivity contribution in [1.82, 2.24) is 0 Å². The van der Waals surface area contributed by atoms with Crippen LogP contribution in [0.4, 0.5) is 13.2 Å². The molecule has 0 aliphatic heterocycles. The minimum Gasteiger partial charge on any atom is -0.288 e. The summed E-state index contributed by atoms with van der Waals surface area (Å²) >= 11 is 1.05. The Morgan fingerprint density at radius 2 is 1.79 bits per heavy atom. The molecular weight excluding hydrogens is 213 g/mol. The zero-order valence-corrected chi connectivity index (χ0v) is 8.96. The average Bonchev–Trinajstić information content (AvgIpc) is 2.13. The fourth-order valence-corrected chi connectivity index (χ4v) is 1.57. The number of carbonyl (C=O) groups is 1. The monoisotopic (exact) mass is 228 g/mol. The van der Waals surface area contributed by atoms with E-state index in [0.717, 1.165) is 11.8 Å². The quantitative estimate of drug-likeness (QED) is 0.666. The third-order valence-corrected chi connectivity index (χ3v) is 2.54. The zero-order chi connectivity index (χ0) is 11.0. The normalized spacial score (nSPS) is 15.1. The lowest BCUT2D eigenvalue weighted by Gasteiger charge is -2.07. The molecule has 0 radical (unpaired) electrons. The van der Waals surface area contributed by atoms with E-state index in [0.29, 0.717) is 5.75 Å². The number of carbonyl (C=O) groups excluding carboxylic acids is 1. The molecule has 2 unspecified atom stereocenters. The van der Waals surface area contributed by atoms with Crippen molar-refractivity contribution in [1.29, 1.82) is 0 Å². The van der Waals surface area contributed by atoms with E-state index in [4.69, 9.17) is 0 Å². The summed E-state index contributed by atoms with van der Waals surface area (Å²) in [6, 6.07) is 0. The topological polar surface area (TPSA) is 17.1 Å². The number of alkyl halides is 3. The van der Waals surface area contributed by atoms with E-state index in [1.807, 2.05) is 0 Å². The molecule has 0 aromatic carbocycles. The van der Waals surface area contributed by atoms with Crippen LogP contribution in [0.3, 0.4) is 0 Å². The highest BCUT2D eigenvalue weighted by Gasteiger charge is 2.12. The highest BCUT2D eigenvalue weighted by Crippen LogP contribution is 2.14. The third-order valence-electron chi connectivity index (χ3n) is 1.70. The molecule has 0 aliphatic carbocycles. The minimum atomic E-state index is -1.55. The van der Waals surface area contributed by atoms with Gasteiger partial charge in [-0.1, -0.05) is 11.8 Å². The molecule has 0 amide bonds. The van der Waals surface area contributed by atoms with E-state index < -0.39 is 19.0 Å². The van der Waals surface area contributed by atoms with E-state index in [-0.39, 0.29) is 24.4 Å². The van der Waals surface area contributed by atoms with E-state index >= 15 is 0 Å². The van der Waals surface area contributed by atoms with E-state index in [9.17, 15) is 18.0 Å². The molecule has 0 spiro atoms. The van der Waals surface area contributed by atoms with Gasteiger partial charge in [0.2, 0.25) is 0 Å². The van der Waals surface area contributed by atoms with Crippen molar-refractivity contribution in [3.05, 3.63) is 0 Å². The van der Waals surface area contributed by atoms with Gasteiger partial charge in [0.15, 0.2) is 5.12 Å². The number of rotatable bonds is 7. The van der Waals surface area contributed by atoms with Crippen molar-refractivity contribution in [2.75, 3.05) is 12.4 Å². The minimum absolute atomic E-state index is 0.0313. The summed E-state index contributed by atoms with van der Waals surface area (Å²) in [4.78, 5) is 10.5. The molecule has 0 saturated carbocycles. The summed E-state index contributed by atoms with van der Waals surface area (Å²) in [7, 11) is 0. The Hall–Kier alpha value is -0.190. The molecule has 0 N–H and O–H groups in total. The van der Waals surface area contributed by atoms with Crippen molar-refractivity contribution in [3.63, 3.8) is 0 Å². The smallest absolute Gasteiger partial charge is 0.185 e. The largest absolute Gasteiger partial charge is 0.288 e. The fraction of sp³-hybridized carbons (Fsp3) is 0.889. The first-order valence-corrected chi connectivity index (χ1v) is 5.52. The molecular formula is C9H15F3OS. The summed E-state index contributed by atoms with van der Waals surface area (Å²) < 4.78 is 36.9. The van der Waals surface area contributed by atoms with Crippen LogP contribution >= 0.6 is 11.8 Å². The molecule has 2 atom stereocenters. The Morgan fingerprint density at radius 1 is 1.21 bits per heavy atom. The highest BCUT2D eigenvalue weighted by atomic mass is 32.2. The fourth-order valence-electron chi connectivity index (χ4n) is 0.914. The van der Waals surface area contributed by atoms with Gasteiger partial charge in [0, 0.05) is 12.7 Å². The second-order valence-electron chi connectivity index (χ2n) is 3.05. The average molecular weight is 228 g/mol. The van der Waals surface area contributed by atoms with E-state index in [1.165, 1.54) is 6.92 Å². The van der Waals surface area contributed by atoms with Crippen molar-refractivity contribution < 1.29 is 18.0 Å². The summed E-state index contributed by atoms with van der Waals surface area (Å²) in [6.07, 6.45) is -2.50. The van der Waals surface area contributed by atoms with Crippen LogP contribution in [0.5, 0.6) is 0 Å². The Balaban J connectivity index is 3.36. The van der Waals surface area contributed by atoms with Crippen molar-refractivity contribution in [3.8, 4) is 0 Å². The SMILES string of the molecule is CC(=O)SCCC(F)CCC(F)CF. The lowest BCUT2D eigenvalue weighted by atomic mass is 10.1. The van der Waals surface area contributed by atoms with Gasteiger partial charge >= 0.3 is 0 Å². The van der Waals surface area contributed by atoms with Gasteiger partial charge in [-0.3, -0.25) is 4.79 Å². The van der Waals surface area contributed by atoms with Crippen LogP contribution in [0.25, 0.3) is 0 Å². The van der Waals surface area contributed by atoms with Crippen LogP contribution in [0, 0.1) is 0 Å². The molecule has 5 heteroatoms. The molecule has 0 rings (SSSR count). The molecule has 84 valence electrons. The Labute approximate surface area is 86.4 Å². The number of hydrogen-bond donors (Lipinski definition) is 0. The molecule has 0 aromatic heterocycles. The van der Waals surface area contributed by atoms with Gasteiger partial charge in [0.1, 0.15) is 19.0 Å². The second-order valence-corrected chi connectivity index (χ2v) is 4.33. The standard InChI is InChI=1S/C9H15F3OS/c1-7(13)14-5-4-8(11)2-3-9(12)6-10/h8-9H,2-6H2,1H3. The predicted octanol–water partition coefficient (Wildman–Crippen LogP) is 3.08. The molecule has 0 aromatic rings. The van der Waals surface area contributed by atoms with Crippen LogP contribution < -0.4 is 0 Å². The van der Waals surface area contributed by atoms with Crippen molar-refractivity contribution in [2.45, 2.75) is 38.5 Å². The van der Waals surface area contributed by atoms with E-state index in [1.54, 1.807) is 0 Å². The molecule has 0 saturated heterocycles. The van der Waals surface area contributed by atoms with Gasteiger partial charge in [-0.05, 0) is 19.3 Å². The Morgan fingerprint density at radius 3 is 2.29 bits per heavy atom. The van der Waals surface area contributed by atoms with Crippen molar-refractivity contribution >= 4 is 16.9 Å². The van der Waals surface area contributed by atoms with Crippen LogP contribution in [0.1, 0.15) is 26.2 Å². The maximum atomic E-state index is 12.9. The summed E-state index contributed by atoms with van der Waals surface area (Å²) in [5.74, 6) is 0.406. The van der Waals surface area contributed by atoms with Gasteiger partial charge < -0.3 is 0 Å². The Kier molecular flexibility index (Phi) is 8.04. The number of hydrogen-bond acceptors (Lipinski definition) is 2. The molecule has 0 fully saturated rings. The van der Waals surface area contributed by atoms with Crippen molar-refractivity contribution in [2.24, 2.45) is 0 Å². The van der Waals surface area contributed by atoms with E-state index in [2.05, 4.69) is 0 Å². The maximum Gasteiger partial charge on any atom is 0.185 e. The van der Waals surface area contributed by atoms with Gasteiger partial charge in [-0.25, -0.2) is 13.2 Å². The number of halogens is 3. The molecule has 1 nitrogen and oxygen atoms in total. The first kappa shape index (κ1) is 13.8. The third kappa shape index (κ3) is 8.41. The highest BCUT2D eigenvalue weighted by molar-refractivity contribution is 8.13. The lowest BCUT2D eigenvalue weighted by molar-refractivity contribution is -0.109. The molecule has 0 heterocycles. The van der Waals surface area contributed by atoms with Gasteiger partial charge in [-0.2, -0.15) is 0 Å². The maximum absolute atomic E-state index is 12.9. The van der Waals surface area contributed by atoms with Crippen LogP contribution in [-0.4, -0.2) is 29.9 Å². The molecule has 14 heavy (non-hydrogen) atoms. The van der Waals surface area contributed by atoms with Crippen LogP contribution in [0.2, 0.25) is 0 Å². The first-order valence-electron chi connectivity index (χ1n) is 4.53. The summed E-state index contributed by atoms with van der Waals surface area (Å²) in [6.45, 7) is 0.369. The molecule has 0 bridgehead atoms. The van der Waals surface area contributed by atoms with Gasteiger partial charge in [0.05, 0.1) is 0 Å². The van der Waals surface area contributed by atoms with Crippen LogP contribution in [0.15, 0.2) is 0 Å². The van der Waals surface area contributed by atoms with Crippen LogP contribution in [-0.2, 0) is 4.79 Å². The summed E-state index contributed by atoms with van der Waals surface area (Å²) in [5, 5.41) is -0.0515.